The van der Waals surface area contributed by atoms with Gasteiger partial charge in [0.1, 0.15) is 5.02 Å². The molecule has 0 bridgehead atoms. The van der Waals surface area contributed by atoms with Crippen LogP contribution in [0.3, 0.4) is 0 Å². The van der Waals surface area contributed by atoms with Crippen LogP contribution in [-0.4, -0.2) is 54.6 Å². The van der Waals surface area contributed by atoms with E-state index in [0.717, 1.165) is 31.9 Å². The average Bonchev–Trinajstić information content (AvgIpc) is 2.46. The zero-order valence-electron chi connectivity index (χ0n) is 12.6. The highest BCUT2D eigenvalue weighted by atomic mass is 35.5. The van der Waals surface area contributed by atoms with Crippen molar-refractivity contribution in [2.24, 2.45) is 0 Å². The first-order valence-electron chi connectivity index (χ1n) is 7.29. The first-order chi connectivity index (χ1) is 9.61. The Hall–Kier alpha value is -1.07. The predicted molar refractivity (Wildman–Crippen MR) is 84.7 cm³/mol. The van der Waals surface area contributed by atoms with Crippen molar-refractivity contribution in [3.63, 3.8) is 0 Å². The molecule has 6 heteroatoms. The molecule has 1 fully saturated rings. The third kappa shape index (κ3) is 3.73. The quantitative estimate of drug-likeness (QED) is 0.904. The molecule has 0 aromatic carbocycles. The summed E-state index contributed by atoms with van der Waals surface area (Å²) in [5.74, 6) is 1.52. The minimum atomic E-state index is 0.557. The van der Waals surface area contributed by atoms with Gasteiger partial charge in [-0.25, -0.2) is 4.98 Å². The molecular formula is C14H24ClN5. The van der Waals surface area contributed by atoms with Gasteiger partial charge in [-0.1, -0.05) is 18.5 Å². The number of hydrogen-bond donors (Lipinski definition) is 1. The summed E-state index contributed by atoms with van der Waals surface area (Å²) in [5, 5.41) is 3.85. The normalized spacial score (nSPS) is 19.4. The standard InChI is InChI=1S/C14H24ClN5/c1-4-7-16-14-17-9-12(15)13(18-14)20-8-5-6-11(10-20)19(2)3/h9,11H,4-8,10H2,1-3H3,(H,16,17,18). The van der Waals surface area contributed by atoms with Gasteiger partial charge in [-0.2, -0.15) is 4.98 Å². The Labute approximate surface area is 126 Å². The van der Waals surface area contributed by atoms with Gasteiger partial charge in [-0.3, -0.25) is 0 Å². The number of likely N-dealkylation sites (N-methyl/N-ethyl adjacent to an activating group) is 1. The molecule has 112 valence electrons. The van der Waals surface area contributed by atoms with Crippen LogP contribution in [0.15, 0.2) is 6.20 Å². The van der Waals surface area contributed by atoms with Gasteiger partial charge in [0.05, 0.1) is 6.20 Å². The summed E-state index contributed by atoms with van der Waals surface area (Å²) in [7, 11) is 4.26. The van der Waals surface area contributed by atoms with Gasteiger partial charge in [0.2, 0.25) is 5.95 Å². The Morgan fingerprint density at radius 2 is 2.30 bits per heavy atom. The minimum absolute atomic E-state index is 0.557. The Bertz CT molecular complexity index is 438. The zero-order chi connectivity index (χ0) is 14.5. The maximum absolute atomic E-state index is 6.28. The van der Waals surface area contributed by atoms with E-state index in [1.165, 1.54) is 12.8 Å². The van der Waals surface area contributed by atoms with Crippen molar-refractivity contribution in [1.82, 2.24) is 14.9 Å². The number of halogens is 1. The molecule has 0 amide bonds. The lowest BCUT2D eigenvalue weighted by molar-refractivity contribution is 0.257. The van der Waals surface area contributed by atoms with E-state index in [1.807, 2.05) is 0 Å². The summed E-state index contributed by atoms with van der Waals surface area (Å²) in [5.41, 5.74) is 0. The molecule has 5 nitrogen and oxygen atoms in total. The predicted octanol–water partition coefficient (Wildman–Crippen LogP) is 2.48. The fraction of sp³-hybridized carbons (Fsp3) is 0.714. The lowest BCUT2D eigenvalue weighted by Gasteiger charge is -2.37. The van der Waals surface area contributed by atoms with E-state index in [2.05, 4.69) is 46.1 Å². The zero-order valence-corrected chi connectivity index (χ0v) is 13.3. The number of piperidine rings is 1. The molecule has 2 rings (SSSR count). The number of nitrogens with zero attached hydrogens (tertiary/aromatic N) is 4. The van der Waals surface area contributed by atoms with E-state index >= 15 is 0 Å². The van der Waals surface area contributed by atoms with Gasteiger partial charge in [0.15, 0.2) is 5.82 Å². The van der Waals surface area contributed by atoms with Crippen molar-refractivity contribution in [1.29, 1.82) is 0 Å². The van der Waals surface area contributed by atoms with Crippen molar-refractivity contribution in [2.45, 2.75) is 32.2 Å². The molecule has 20 heavy (non-hydrogen) atoms. The molecule has 1 unspecified atom stereocenters. The van der Waals surface area contributed by atoms with E-state index in [1.54, 1.807) is 6.20 Å². The average molecular weight is 298 g/mol. The van der Waals surface area contributed by atoms with Crippen molar-refractivity contribution in [3.8, 4) is 0 Å². The molecule has 1 aliphatic heterocycles. The van der Waals surface area contributed by atoms with Crippen LogP contribution in [0, 0.1) is 0 Å². The molecule has 0 spiro atoms. The van der Waals surface area contributed by atoms with Crippen LogP contribution in [0.4, 0.5) is 11.8 Å². The van der Waals surface area contributed by atoms with Crippen molar-refractivity contribution in [2.75, 3.05) is 43.9 Å². The van der Waals surface area contributed by atoms with Gasteiger partial charge in [-0.05, 0) is 33.4 Å². The van der Waals surface area contributed by atoms with Crippen molar-refractivity contribution in [3.05, 3.63) is 11.2 Å². The monoisotopic (exact) mass is 297 g/mol. The highest BCUT2D eigenvalue weighted by Crippen LogP contribution is 2.27. The summed E-state index contributed by atoms with van der Waals surface area (Å²) in [4.78, 5) is 13.4. The van der Waals surface area contributed by atoms with E-state index in [0.29, 0.717) is 17.0 Å². The maximum Gasteiger partial charge on any atom is 0.224 e. The first kappa shape index (κ1) is 15.3. The van der Waals surface area contributed by atoms with E-state index in [-0.39, 0.29) is 0 Å². The van der Waals surface area contributed by atoms with Crippen LogP contribution in [-0.2, 0) is 0 Å². The van der Waals surface area contributed by atoms with E-state index in [9.17, 15) is 0 Å². The molecule has 1 saturated heterocycles. The van der Waals surface area contributed by atoms with Crippen LogP contribution >= 0.6 is 11.6 Å². The fourth-order valence-electron chi connectivity index (χ4n) is 2.47. The third-order valence-corrected chi connectivity index (χ3v) is 3.95. The molecule has 1 aromatic rings. The Balaban J connectivity index is 2.13. The second-order valence-electron chi connectivity index (χ2n) is 5.50. The Kier molecular flexibility index (Phi) is 5.43. The molecule has 1 N–H and O–H groups in total. The number of anilines is 2. The topological polar surface area (TPSA) is 44.3 Å². The number of hydrogen-bond acceptors (Lipinski definition) is 5. The molecule has 2 heterocycles. The molecule has 1 aliphatic rings. The summed E-state index contributed by atoms with van der Waals surface area (Å²) < 4.78 is 0. The molecule has 1 aromatic heterocycles. The van der Waals surface area contributed by atoms with E-state index < -0.39 is 0 Å². The number of nitrogens with one attached hydrogen (secondary N) is 1. The van der Waals surface area contributed by atoms with Gasteiger partial charge in [0.25, 0.3) is 0 Å². The third-order valence-electron chi connectivity index (χ3n) is 3.69. The van der Waals surface area contributed by atoms with Crippen LogP contribution in [0.2, 0.25) is 5.02 Å². The second-order valence-corrected chi connectivity index (χ2v) is 5.90. The molecule has 1 atom stereocenters. The number of aromatic nitrogens is 2. The summed E-state index contributed by atoms with van der Waals surface area (Å²) in [6.07, 6.45) is 5.14. The lowest BCUT2D eigenvalue weighted by atomic mass is 10.1. The van der Waals surface area contributed by atoms with Crippen LogP contribution in [0.5, 0.6) is 0 Å². The Morgan fingerprint density at radius 1 is 1.50 bits per heavy atom. The van der Waals surface area contributed by atoms with Crippen molar-refractivity contribution >= 4 is 23.4 Å². The second kappa shape index (κ2) is 7.09. The van der Waals surface area contributed by atoms with Gasteiger partial charge < -0.3 is 15.1 Å². The van der Waals surface area contributed by atoms with E-state index in [4.69, 9.17) is 11.6 Å². The lowest BCUT2D eigenvalue weighted by Crippen LogP contribution is -2.45. The summed E-state index contributed by atoms with van der Waals surface area (Å²) >= 11 is 6.28. The van der Waals surface area contributed by atoms with Crippen molar-refractivity contribution < 1.29 is 0 Å². The largest absolute Gasteiger partial charge is 0.354 e. The van der Waals surface area contributed by atoms with Gasteiger partial charge in [0, 0.05) is 25.7 Å². The minimum Gasteiger partial charge on any atom is -0.354 e. The smallest absolute Gasteiger partial charge is 0.224 e. The maximum atomic E-state index is 6.28. The molecule has 0 radical (unpaired) electrons. The fourth-order valence-corrected chi connectivity index (χ4v) is 2.68. The van der Waals surface area contributed by atoms with Crippen LogP contribution < -0.4 is 10.2 Å². The Morgan fingerprint density at radius 3 is 3.00 bits per heavy atom. The van der Waals surface area contributed by atoms with Crippen LogP contribution in [0.1, 0.15) is 26.2 Å². The highest BCUT2D eigenvalue weighted by Gasteiger charge is 2.24. The SMILES string of the molecule is CCCNc1ncc(Cl)c(N2CCCC(N(C)C)C2)n1. The first-order valence-corrected chi connectivity index (χ1v) is 7.67. The number of rotatable bonds is 5. The summed E-state index contributed by atoms with van der Waals surface area (Å²) in [6, 6.07) is 0.557. The molecule has 0 aliphatic carbocycles. The molecule has 0 saturated carbocycles. The molecular weight excluding hydrogens is 274 g/mol. The van der Waals surface area contributed by atoms with Crippen LogP contribution in [0.25, 0.3) is 0 Å². The highest BCUT2D eigenvalue weighted by molar-refractivity contribution is 6.32. The van der Waals surface area contributed by atoms with Gasteiger partial charge in [-0.15, -0.1) is 0 Å². The summed E-state index contributed by atoms with van der Waals surface area (Å²) in [6.45, 7) is 4.97. The van der Waals surface area contributed by atoms with Gasteiger partial charge >= 0.3 is 0 Å².